The zero-order chi connectivity index (χ0) is 25.8. The number of anilines is 1. The molecule has 37 heavy (non-hydrogen) atoms. The molecule has 0 spiro atoms. The first-order valence-corrected chi connectivity index (χ1v) is 12.3. The van der Waals surface area contributed by atoms with Gasteiger partial charge in [-0.1, -0.05) is 35.9 Å². The first-order chi connectivity index (χ1) is 18.0. The summed E-state index contributed by atoms with van der Waals surface area (Å²) in [5.74, 6) is 0.806. The van der Waals surface area contributed by atoms with Crippen LogP contribution >= 0.6 is 0 Å². The molecule has 8 nitrogen and oxygen atoms in total. The van der Waals surface area contributed by atoms with Crippen LogP contribution in [-0.4, -0.2) is 64.5 Å². The van der Waals surface area contributed by atoms with E-state index in [1.165, 1.54) is 0 Å². The third kappa shape index (κ3) is 5.76. The predicted octanol–water partition coefficient (Wildman–Crippen LogP) is 4.42. The number of nitrogens with zero attached hydrogens (tertiary/aromatic N) is 4. The Bertz CT molecular complexity index is 1390. The van der Waals surface area contributed by atoms with Crippen molar-refractivity contribution in [3.8, 4) is 22.9 Å². The van der Waals surface area contributed by atoms with Gasteiger partial charge in [0, 0.05) is 48.6 Å². The molecule has 1 fully saturated rings. The Balaban J connectivity index is 1.14. The van der Waals surface area contributed by atoms with Gasteiger partial charge in [-0.15, -0.1) is 10.2 Å². The van der Waals surface area contributed by atoms with Crippen molar-refractivity contribution in [1.29, 1.82) is 0 Å². The number of amides is 2. The standard InChI is InChI=1S/C29H29N5O3/c1-20-7-13-24(14-8-20)30-26(35)19-33-15-17-34(18-16-33)29(36)23-11-9-22(10-12-23)27-31-32-28(37-27)25-6-4-3-5-21(25)2/h3-14H,15-19H2,1-2H3,(H,30,35). The lowest BCUT2D eigenvalue weighted by Gasteiger charge is -2.34. The number of carbonyl (C=O) groups is 2. The van der Waals surface area contributed by atoms with Gasteiger partial charge in [0.15, 0.2) is 0 Å². The summed E-state index contributed by atoms with van der Waals surface area (Å²) >= 11 is 0. The van der Waals surface area contributed by atoms with Crippen LogP contribution < -0.4 is 5.32 Å². The van der Waals surface area contributed by atoms with Crippen LogP contribution in [0, 0.1) is 13.8 Å². The first-order valence-electron chi connectivity index (χ1n) is 12.3. The maximum atomic E-state index is 13.0. The highest BCUT2D eigenvalue weighted by molar-refractivity contribution is 5.95. The number of piperazine rings is 1. The summed E-state index contributed by atoms with van der Waals surface area (Å²) in [6.07, 6.45) is 0. The van der Waals surface area contributed by atoms with Crippen LogP contribution in [0.1, 0.15) is 21.5 Å². The molecule has 5 rings (SSSR count). The second-order valence-corrected chi connectivity index (χ2v) is 9.29. The van der Waals surface area contributed by atoms with Crippen molar-refractivity contribution >= 4 is 17.5 Å². The number of rotatable bonds is 6. The minimum Gasteiger partial charge on any atom is -0.416 e. The van der Waals surface area contributed by atoms with Gasteiger partial charge < -0.3 is 14.6 Å². The molecule has 0 saturated carbocycles. The number of aryl methyl sites for hydroxylation is 2. The SMILES string of the molecule is Cc1ccc(NC(=O)CN2CCN(C(=O)c3ccc(-c4nnc(-c5ccccc5C)o4)cc3)CC2)cc1. The van der Waals surface area contributed by atoms with Gasteiger partial charge in [0.25, 0.3) is 5.91 Å². The Morgan fingerprint density at radius 3 is 2.22 bits per heavy atom. The molecule has 0 radical (unpaired) electrons. The van der Waals surface area contributed by atoms with Crippen LogP contribution in [-0.2, 0) is 4.79 Å². The number of nitrogens with one attached hydrogen (secondary N) is 1. The third-order valence-corrected chi connectivity index (χ3v) is 6.54. The number of aromatic nitrogens is 2. The van der Waals surface area contributed by atoms with Crippen LogP contribution in [0.4, 0.5) is 5.69 Å². The molecule has 1 N–H and O–H groups in total. The summed E-state index contributed by atoms with van der Waals surface area (Å²) in [6.45, 7) is 6.75. The Morgan fingerprint density at radius 2 is 1.51 bits per heavy atom. The molecule has 0 atom stereocenters. The topological polar surface area (TPSA) is 91.6 Å². The minimum atomic E-state index is -0.0502. The van der Waals surface area contributed by atoms with E-state index in [2.05, 4.69) is 20.4 Å². The molecule has 3 aromatic carbocycles. The van der Waals surface area contributed by atoms with Crippen molar-refractivity contribution < 1.29 is 14.0 Å². The van der Waals surface area contributed by atoms with Crippen LogP contribution in [0.15, 0.2) is 77.2 Å². The van der Waals surface area contributed by atoms with Gasteiger partial charge in [0.05, 0.1) is 6.54 Å². The van der Waals surface area contributed by atoms with Crippen molar-refractivity contribution in [3.63, 3.8) is 0 Å². The van der Waals surface area contributed by atoms with E-state index in [9.17, 15) is 9.59 Å². The van der Waals surface area contributed by atoms with Gasteiger partial charge in [-0.05, 0) is 61.9 Å². The molecule has 8 heteroatoms. The van der Waals surface area contributed by atoms with Crippen molar-refractivity contribution in [2.24, 2.45) is 0 Å². The normalized spacial score (nSPS) is 13.9. The van der Waals surface area contributed by atoms with E-state index in [-0.39, 0.29) is 11.8 Å². The fraction of sp³-hybridized carbons (Fsp3) is 0.241. The summed E-state index contributed by atoms with van der Waals surface area (Å²) in [5.41, 5.74) is 5.27. The lowest BCUT2D eigenvalue weighted by atomic mass is 10.1. The molecule has 2 amide bonds. The average molecular weight is 496 g/mol. The average Bonchev–Trinajstić information content (AvgIpc) is 3.40. The lowest BCUT2D eigenvalue weighted by molar-refractivity contribution is -0.117. The summed E-state index contributed by atoms with van der Waals surface area (Å²) in [4.78, 5) is 29.3. The summed E-state index contributed by atoms with van der Waals surface area (Å²) in [6, 6.07) is 22.8. The minimum absolute atomic E-state index is 0.0264. The zero-order valence-electron chi connectivity index (χ0n) is 21.0. The van der Waals surface area contributed by atoms with E-state index in [0.717, 1.165) is 27.9 Å². The fourth-order valence-corrected chi connectivity index (χ4v) is 4.35. The van der Waals surface area contributed by atoms with Crippen molar-refractivity contribution in [3.05, 3.63) is 89.5 Å². The van der Waals surface area contributed by atoms with Crippen LogP contribution in [0.2, 0.25) is 0 Å². The first kappa shape index (κ1) is 24.4. The highest BCUT2D eigenvalue weighted by Gasteiger charge is 2.23. The number of hydrogen-bond acceptors (Lipinski definition) is 6. The number of hydrogen-bond donors (Lipinski definition) is 1. The van der Waals surface area contributed by atoms with E-state index in [4.69, 9.17) is 4.42 Å². The van der Waals surface area contributed by atoms with Gasteiger partial charge in [-0.3, -0.25) is 14.5 Å². The molecule has 2 heterocycles. The zero-order valence-corrected chi connectivity index (χ0v) is 21.0. The molecule has 0 aliphatic carbocycles. The molecular weight excluding hydrogens is 466 g/mol. The second-order valence-electron chi connectivity index (χ2n) is 9.29. The molecule has 188 valence electrons. The second kappa shape index (κ2) is 10.8. The van der Waals surface area contributed by atoms with Gasteiger partial charge in [0.1, 0.15) is 0 Å². The molecule has 1 aromatic heterocycles. The Labute approximate surface area is 215 Å². The van der Waals surface area contributed by atoms with Gasteiger partial charge in [0.2, 0.25) is 17.7 Å². The van der Waals surface area contributed by atoms with Gasteiger partial charge in [-0.2, -0.15) is 0 Å². The molecular formula is C29H29N5O3. The molecule has 0 unspecified atom stereocenters. The van der Waals surface area contributed by atoms with E-state index < -0.39 is 0 Å². The Hall–Kier alpha value is -4.30. The molecule has 1 aliphatic rings. The van der Waals surface area contributed by atoms with Crippen molar-refractivity contribution in [2.75, 3.05) is 38.0 Å². The fourth-order valence-electron chi connectivity index (χ4n) is 4.35. The molecule has 0 bridgehead atoms. The van der Waals surface area contributed by atoms with Crippen LogP contribution in [0.3, 0.4) is 0 Å². The quantitative estimate of drug-likeness (QED) is 0.426. The largest absolute Gasteiger partial charge is 0.416 e. The highest BCUT2D eigenvalue weighted by atomic mass is 16.4. The van der Waals surface area contributed by atoms with Crippen LogP contribution in [0.5, 0.6) is 0 Å². The van der Waals surface area contributed by atoms with E-state index in [0.29, 0.717) is 50.1 Å². The maximum Gasteiger partial charge on any atom is 0.253 e. The van der Waals surface area contributed by atoms with Crippen LogP contribution in [0.25, 0.3) is 22.9 Å². The lowest BCUT2D eigenvalue weighted by Crippen LogP contribution is -2.50. The summed E-state index contributed by atoms with van der Waals surface area (Å²) in [5, 5.41) is 11.3. The molecule has 4 aromatic rings. The van der Waals surface area contributed by atoms with Gasteiger partial charge in [-0.25, -0.2) is 0 Å². The Morgan fingerprint density at radius 1 is 0.838 bits per heavy atom. The predicted molar refractivity (Wildman–Crippen MR) is 142 cm³/mol. The summed E-state index contributed by atoms with van der Waals surface area (Å²) in [7, 11) is 0. The maximum absolute atomic E-state index is 13.0. The Kier molecular flexibility index (Phi) is 7.09. The van der Waals surface area contributed by atoms with E-state index in [1.807, 2.05) is 79.4 Å². The number of benzene rings is 3. The molecule has 1 aliphatic heterocycles. The van der Waals surface area contributed by atoms with Gasteiger partial charge >= 0.3 is 0 Å². The van der Waals surface area contributed by atoms with Crippen molar-refractivity contribution in [1.82, 2.24) is 20.0 Å². The van der Waals surface area contributed by atoms with Crippen molar-refractivity contribution in [2.45, 2.75) is 13.8 Å². The number of carbonyl (C=O) groups excluding carboxylic acids is 2. The van der Waals surface area contributed by atoms with E-state index >= 15 is 0 Å². The molecule has 1 saturated heterocycles. The summed E-state index contributed by atoms with van der Waals surface area (Å²) < 4.78 is 5.88. The van der Waals surface area contributed by atoms with E-state index in [1.54, 1.807) is 12.1 Å². The smallest absolute Gasteiger partial charge is 0.253 e. The third-order valence-electron chi connectivity index (χ3n) is 6.54. The monoisotopic (exact) mass is 495 g/mol. The highest BCUT2D eigenvalue weighted by Crippen LogP contribution is 2.26.